The number of rotatable bonds is 5. The molecule has 2 aromatic heterocycles. The van der Waals surface area contributed by atoms with Crippen molar-refractivity contribution in [2.24, 2.45) is 7.05 Å². The summed E-state index contributed by atoms with van der Waals surface area (Å²) < 4.78 is 1.75. The second-order valence-corrected chi connectivity index (χ2v) is 5.25. The molecule has 0 aliphatic rings. The van der Waals surface area contributed by atoms with Crippen LogP contribution in [-0.4, -0.2) is 27.2 Å². The summed E-state index contributed by atoms with van der Waals surface area (Å²) in [6.45, 7) is 2.54. The molecule has 2 heterocycles. The summed E-state index contributed by atoms with van der Waals surface area (Å²) in [5, 5.41) is 9.83. The quantitative estimate of drug-likeness (QED) is 0.843. The summed E-state index contributed by atoms with van der Waals surface area (Å²) in [7, 11) is 1.88. The molecule has 1 N–H and O–H groups in total. The molecule has 2 aromatic rings. The predicted octanol–water partition coefficient (Wildman–Crippen LogP) is 1.56. The summed E-state index contributed by atoms with van der Waals surface area (Å²) in [4.78, 5) is 15.8. The Hall–Kier alpha value is -1.95. The van der Waals surface area contributed by atoms with Crippen molar-refractivity contribution in [1.29, 1.82) is 0 Å². The van der Waals surface area contributed by atoms with Gasteiger partial charge in [0.05, 0.1) is 16.9 Å². The van der Waals surface area contributed by atoms with Gasteiger partial charge in [0.2, 0.25) is 5.91 Å². The van der Waals surface area contributed by atoms with Gasteiger partial charge in [-0.05, 0) is 25.0 Å². The third-order valence-electron chi connectivity index (χ3n) is 2.51. The number of nitrogens with one attached hydrogen (secondary N) is 1. The van der Waals surface area contributed by atoms with E-state index in [1.807, 2.05) is 25.5 Å². The van der Waals surface area contributed by atoms with Crippen molar-refractivity contribution >= 4 is 23.3 Å². The Balaban J connectivity index is 1.74. The van der Waals surface area contributed by atoms with Gasteiger partial charge >= 0.3 is 0 Å². The average molecular weight is 276 g/mol. The van der Waals surface area contributed by atoms with Crippen LogP contribution in [0.15, 0.2) is 23.8 Å². The van der Waals surface area contributed by atoms with Gasteiger partial charge in [0.1, 0.15) is 0 Å². The van der Waals surface area contributed by atoms with E-state index in [1.54, 1.807) is 28.3 Å². The highest BCUT2D eigenvalue weighted by Crippen LogP contribution is 2.08. The number of carbonyl (C=O) groups excluding carboxylic acids is 1. The minimum Gasteiger partial charge on any atom is -0.352 e. The van der Waals surface area contributed by atoms with Crippen molar-refractivity contribution in [2.75, 3.05) is 6.54 Å². The monoisotopic (exact) mass is 276 g/mol. The molecule has 0 radical (unpaired) electrons. The maximum atomic E-state index is 11.6. The summed E-state index contributed by atoms with van der Waals surface area (Å²) >= 11 is 1.57. The van der Waals surface area contributed by atoms with Crippen LogP contribution in [0.1, 0.15) is 16.3 Å². The molecular formula is C13H16N4OS. The Kier molecular flexibility index (Phi) is 4.46. The molecule has 0 atom stereocenters. The number of amides is 1. The molecule has 19 heavy (non-hydrogen) atoms. The minimum absolute atomic E-state index is 0.102. The summed E-state index contributed by atoms with van der Waals surface area (Å²) in [5.74, 6) is -0.102. The summed E-state index contributed by atoms with van der Waals surface area (Å²) in [6, 6.07) is 0. The molecule has 0 aliphatic heterocycles. The number of aromatic nitrogens is 3. The lowest BCUT2D eigenvalue weighted by molar-refractivity contribution is -0.116. The van der Waals surface area contributed by atoms with Crippen molar-refractivity contribution in [1.82, 2.24) is 20.1 Å². The molecule has 1 amide bonds. The van der Waals surface area contributed by atoms with Gasteiger partial charge in [-0.1, -0.05) is 0 Å². The molecule has 5 nitrogen and oxygen atoms in total. The second kappa shape index (κ2) is 6.29. The van der Waals surface area contributed by atoms with E-state index < -0.39 is 0 Å². The van der Waals surface area contributed by atoms with Crippen LogP contribution in [0, 0.1) is 6.92 Å². The van der Waals surface area contributed by atoms with E-state index in [0.717, 1.165) is 22.7 Å². The number of hydrogen-bond donors (Lipinski definition) is 1. The largest absolute Gasteiger partial charge is 0.352 e. The van der Waals surface area contributed by atoms with E-state index in [4.69, 9.17) is 0 Å². The number of aryl methyl sites for hydroxylation is 2. The van der Waals surface area contributed by atoms with E-state index in [-0.39, 0.29) is 5.91 Å². The molecule has 0 bridgehead atoms. The van der Waals surface area contributed by atoms with Gasteiger partial charge in [0, 0.05) is 31.2 Å². The zero-order valence-electron chi connectivity index (χ0n) is 11.0. The third kappa shape index (κ3) is 4.33. The number of carbonyl (C=O) groups is 1. The fraction of sp³-hybridized carbons (Fsp3) is 0.308. The van der Waals surface area contributed by atoms with Crippen molar-refractivity contribution in [2.45, 2.75) is 13.3 Å². The van der Waals surface area contributed by atoms with Gasteiger partial charge in [-0.2, -0.15) is 5.10 Å². The van der Waals surface area contributed by atoms with Crippen LogP contribution in [0.25, 0.3) is 6.08 Å². The Morgan fingerprint density at radius 3 is 3.05 bits per heavy atom. The molecule has 0 unspecified atom stereocenters. The summed E-state index contributed by atoms with van der Waals surface area (Å²) in [5.41, 5.74) is 1.94. The van der Waals surface area contributed by atoms with Gasteiger partial charge in [-0.15, -0.1) is 11.3 Å². The van der Waals surface area contributed by atoms with Crippen molar-refractivity contribution < 1.29 is 4.79 Å². The molecule has 100 valence electrons. The number of hydrogen-bond acceptors (Lipinski definition) is 4. The van der Waals surface area contributed by atoms with Crippen LogP contribution < -0.4 is 5.32 Å². The van der Waals surface area contributed by atoms with Gasteiger partial charge in [0.15, 0.2) is 0 Å². The molecule has 0 aromatic carbocycles. The highest BCUT2D eigenvalue weighted by atomic mass is 32.1. The van der Waals surface area contributed by atoms with Crippen LogP contribution in [0.3, 0.4) is 0 Å². The van der Waals surface area contributed by atoms with Crippen molar-refractivity contribution in [3.05, 3.63) is 40.1 Å². The molecule has 6 heteroatoms. The predicted molar refractivity (Wildman–Crippen MR) is 75.8 cm³/mol. The maximum absolute atomic E-state index is 11.6. The third-order valence-corrected chi connectivity index (χ3v) is 3.31. The standard InChI is InChI=1S/C13H16N4OS/c1-10-16-12(9-19-10)3-4-13(18)14-6-5-11-7-15-17(2)8-11/h3-4,7-9H,5-6H2,1-2H3,(H,14,18). The second-order valence-electron chi connectivity index (χ2n) is 4.19. The fourth-order valence-corrected chi connectivity index (χ4v) is 2.19. The molecule has 0 spiro atoms. The first kappa shape index (κ1) is 13.5. The molecule has 0 fully saturated rings. The van der Waals surface area contributed by atoms with Crippen LogP contribution >= 0.6 is 11.3 Å². The highest BCUT2D eigenvalue weighted by molar-refractivity contribution is 7.09. The van der Waals surface area contributed by atoms with Crippen molar-refractivity contribution in [3.8, 4) is 0 Å². The molecule has 2 rings (SSSR count). The molecule has 0 aliphatic carbocycles. The molecule has 0 saturated heterocycles. The smallest absolute Gasteiger partial charge is 0.244 e. The lowest BCUT2D eigenvalue weighted by Gasteiger charge is -1.99. The van der Waals surface area contributed by atoms with E-state index in [1.165, 1.54) is 6.08 Å². The Labute approximate surface area is 116 Å². The average Bonchev–Trinajstić information content (AvgIpc) is 2.96. The van der Waals surface area contributed by atoms with Crippen LogP contribution in [0.4, 0.5) is 0 Å². The zero-order valence-corrected chi connectivity index (χ0v) is 11.8. The minimum atomic E-state index is -0.102. The highest BCUT2D eigenvalue weighted by Gasteiger charge is 1.99. The van der Waals surface area contributed by atoms with E-state index in [9.17, 15) is 4.79 Å². The zero-order chi connectivity index (χ0) is 13.7. The van der Waals surface area contributed by atoms with Crippen LogP contribution in [0.5, 0.6) is 0 Å². The lowest BCUT2D eigenvalue weighted by atomic mass is 10.2. The van der Waals surface area contributed by atoms with Gasteiger partial charge in [-0.25, -0.2) is 4.98 Å². The maximum Gasteiger partial charge on any atom is 0.244 e. The molecular weight excluding hydrogens is 260 g/mol. The first-order valence-corrected chi connectivity index (χ1v) is 6.87. The van der Waals surface area contributed by atoms with E-state index in [0.29, 0.717) is 6.54 Å². The SMILES string of the molecule is Cc1nc(C=CC(=O)NCCc2cnn(C)c2)cs1. The first-order valence-electron chi connectivity index (χ1n) is 5.99. The van der Waals surface area contributed by atoms with Gasteiger partial charge in [-0.3, -0.25) is 9.48 Å². The number of nitrogens with zero attached hydrogens (tertiary/aromatic N) is 3. The van der Waals surface area contributed by atoms with Gasteiger partial charge < -0.3 is 5.32 Å². The van der Waals surface area contributed by atoms with E-state index >= 15 is 0 Å². The summed E-state index contributed by atoms with van der Waals surface area (Å²) in [6.07, 6.45) is 7.77. The lowest BCUT2D eigenvalue weighted by Crippen LogP contribution is -2.23. The van der Waals surface area contributed by atoms with Gasteiger partial charge in [0.25, 0.3) is 0 Å². The Morgan fingerprint density at radius 2 is 2.42 bits per heavy atom. The van der Waals surface area contributed by atoms with Crippen molar-refractivity contribution in [3.63, 3.8) is 0 Å². The fourth-order valence-electron chi connectivity index (χ4n) is 1.61. The Bertz CT molecular complexity index is 585. The Morgan fingerprint density at radius 1 is 1.58 bits per heavy atom. The normalized spacial score (nSPS) is 11.1. The van der Waals surface area contributed by atoms with Crippen LogP contribution in [-0.2, 0) is 18.3 Å². The topological polar surface area (TPSA) is 59.8 Å². The van der Waals surface area contributed by atoms with Crippen LogP contribution in [0.2, 0.25) is 0 Å². The van der Waals surface area contributed by atoms with E-state index in [2.05, 4.69) is 15.4 Å². The molecule has 0 saturated carbocycles. The first-order chi connectivity index (χ1) is 9.13. The number of thiazole rings is 1.